The third kappa shape index (κ3) is 2.30. The maximum Gasteiger partial charge on any atom is 0.322 e. The van der Waals surface area contributed by atoms with Crippen molar-refractivity contribution in [1.82, 2.24) is 15.5 Å². The lowest BCUT2D eigenvalue weighted by Gasteiger charge is -2.22. The van der Waals surface area contributed by atoms with E-state index in [-0.39, 0.29) is 18.4 Å². The number of nitrogens with one attached hydrogen (secondary N) is 2. The van der Waals surface area contributed by atoms with E-state index in [1.807, 2.05) is 0 Å². The fourth-order valence-electron chi connectivity index (χ4n) is 3.21. The number of rotatable bonds is 2. The molecule has 2 aliphatic heterocycles. The van der Waals surface area contributed by atoms with Gasteiger partial charge in [-0.25, -0.2) is 4.79 Å². The van der Waals surface area contributed by atoms with E-state index in [2.05, 4.69) is 16.7 Å². The molecule has 2 N–H and O–H groups in total. The maximum absolute atomic E-state index is 12.3. The number of likely N-dealkylation sites (tertiary alicyclic amines) is 1. The smallest absolute Gasteiger partial charge is 0.322 e. The SMILES string of the molecule is O=C1NC(=O)[C@]2(CCN(C(=O)CC3=CCCCC3)C2)N1. The standard InChI is InChI=1S/C14H19N3O3/c18-11(8-10-4-2-1-3-5-10)17-7-6-14(9-17)12(19)15-13(20)16-14/h4H,1-3,5-9H2,(H2,15,16,19,20)/t14-/m1/s1. The second kappa shape index (κ2) is 4.92. The number of allylic oxidation sites excluding steroid dienone is 1. The molecule has 0 bridgehead atoms. The molecule has 108 valence electrons. The molecule has 20 heavy (non-hydrogen) atoms. The van der Waals surface area contributed by atoms with E-state index in [0.717, 1.165) is 19.3 Å². The molecule has 1 atom stereocenters. The first-order chi connectivity index (χ1) is 9.59. The number of amides is 4. The number of imide groups is 1. The highest BCUT2D eigenvalue weighted by atomic mass is 16.2. The summed E-state index contributed by atoms with van der Waals surface area (Å²) in [5.74, 6) is -0.251. The zero-order valence-electron chi connectivity index (χ0n) is 11.4. The van der Waals surface area contributed by atoms with E-state index in [0.29, 0.717) is 19.4 Å². The van der Waals surface area contributed by atoms with Gasteiger partial charge in [0.1, 0.15) is 5.54 Å². The average Bonchev–Trinajstić information content (AvgIpc) is 2.96. The van der Waals surface area contributed by atoms with Crippen LogP contribution in [-0.4, -0.2) is 41.4 Å². The molecule has 6 heteroatoms. The monoisotopic (exact) mass is 277 g/mol. The molecular weight excluding hydrogens is 258 g/mol. The van der Waals surface area contributed by atoms with E-state index < -0.39 is 11.6 Å². The highest BCUT2D eigenvalue weighted by Gasteiger charge is 2.51. The van der Waals surface area contributed by atoms with Crippen molar-refractivity contribution in [3.63, 3.8) is 0 Å². The molecule has 2 heterocycles. The molecule has 0 unspecified atom stereocenters. The summed E-state index contributed by atoms with van der Waals surface area (Å²) >= 11 is 0. The summed E-state index contributed by atoms with van der Waals surface area (Å²) in [6.45, 7) is 0.816. The van der Waals surface area contributed by atoms with Crippen LogP contribution in [-0.2, 0) is 9.59 Å². The van der Waals surface area contributed by atoms with Crippen LogP contribution in [0.1, 0.15) is 38.5 Å². The second-order valence-corrected chi connectivity index (χ2v) is 5.84. The van der Waals surface area contributed by atoms with Crippen molar-refractivity contribution >= 4 is 17.8 Å². The minimum Gasteiger partial charge on any atom is -0.339 e. The molecule has 3 rings (SSSR count). The maximum atomic E-state index is 12.3. The van der Waals surface area contributed by atoms with Crippen LogP contribution in [0, 0.1) is 0 Å². The third-order valence-electron chi connectivity index (χ3n) is 4.40. The molecule has 0 aromatic carbocycles. The van der Waals surface area contributed by atoms with Crippen LogP contribution in [0.2, 0.25) is 0 Å². The average molecular weight is 277 g/mol. The van der Waals surface area contributed by atoms with Crippen molar-refractivity contribution < 1.29 is 14.4 Å². The second-order valence-electron chi connectivity index (χ2n) is 5.84. The minimum absolute atomic E-state index is 0.0592. The summed E-state index contributed by atoms with van der Waals surface area (Å²) in [6, 6.07) is -0.459. The molecular formula is C14H19N3O3. The summed E-state index contributed by atoms with van der Waals surface area (Å²) < 4.78 is 0. The summed E-state index contributed by atoms with van der Waals surface area (Å²) in [5.41, 5.74) is 0.315. The van der Waals surface area contributed by atoms with Gasteiger partial charge in [0, 0.05) is 13.0 Å². The molecule has 1 spiro atoms. The van der Waals surface area contributed by atoms with Gasteiger partial charge in [-0.2, -0.15) is 0 Å². The van der Waals surface area contributed by atoms with Crippen molar-refractivity contribution in [2.45, 2.75) is 44.1 Å². The minimum atomic E-state index is -0.895. The predicted molar refractivity (Wildman–Crippen MR) is 71.8 cm³/mol. The Labute approximate surface area is 117 Å². The highest BCUT2D eigenvalue weighted by molar-refractivity contribution is 6.07. The third-order valence-corrected chi connectivity index (χ3v) is 4.40. The largest absolute Gasteiger partial charge is 0.339 e. The van der Waals surface area contributed by atoms with Crippen LogP contribution in [0.3, 0.4) is 0 Å². The van der Waals surface area contributed by atoms with Crippen molar-refractivity contribution in [2.24, 2.45) is 0 Å². The van der Waals surface area contributed by atoms with Crippen molar-refractivity contribution in [1.29, 1.82) is 0 Å². The van der Waals surface area contributed by atoms with Crippen LogP contribution in [0.5, 0.6) is 0 Å². The van der Waals surface area contributed by atoms with Crippen LogP contribution in [0.25, 0.3) is 0 Å². The van der Waals surface area contributed by atoms with Gasteiger partial charge < -0.3 is 10.2 Å². The Balaban J connectivity index is 1.62. The lowest BCUT2D eigenvalue weighted by Crippen LogP contribution is -2.49. The van der Waals surface area contributed by atoms with Gasteiger partial charge in [0.25, 0.3) is 5.91 Å². The van der Waals surface area contributed by atoms with Crippen LogP contribution in [0.4, 0.5) is 4.79 Å². The number of carbonyl (C=O) groups is 3. The van der Waals surface area contributed by atoms with Gasteiger partial charge >= 0.3 is 6.03 Å². The first-order valence-electron chi connectivity index (χ1n) is 7.18. The molecule has 0 saturated carbocycles. The van der Waals surface area contributed by atoms with E-state index in [9.17, 15) is 14.4 Å². The van der Waals surface area contributed by atoms with Gasteiger partial charge in [-0.3, -0.25) is 14.9 Å². The van der Waals surface area contributed by atoms with E-state index in [4.69, 9.17) is 0 Å². The molecule has 0 aromatic heterocycles. The summed E-state index contributed by atoms with van der Waals surface area (Å²) in [6.07, 6.45) is 7.53. The predicted octanol–water partition coefficient (Wildman–Crippen LogP) is 0.687. The Kier molecular flexibility index (Phi) is 3.23. The Bertz CT molecular complexity index is 500. The van der Waals surface area contributed by atoms with Crippen LogP contribution >= 0.6 is 0 Å². The fourth-order valence-corrected chi connectivity index (χ4v) is 3.21. The summed E-state index contributed by atoms with van der Waals surface area (Å²) in [7, 11) is 0. The van der Waals surface area contributed by atoms with Crippen molar-refractivity contribution in [3.05, 3.63) is 11.6 Å². The fraction of sp³-hybridized carbons (Fsp3) is 0.643. The van der Waals surface area contributed by atoms with Gasteiger partial charge in [-0.05, 0) is 32.1 Å². The van der Waals surface area contributed by atoms with E-state index in [1.54, 1.807) is 4.90 Å². The lowest BCUT2D eigenvalue weighted by atomic mass is 9.97. The zero-order valence-corrected chi connectivity index (χ0v) is 11.4. The number of urea groups is 1. The first-order valence-corrected chi connectivity index (χ1v) is 7.18. The molecule has 6 nitrogen and oxygen atoms in total. The van der Waals surface area contributed by atoms with Gasteiger partial charge in [-0.1, -0.05) is 11.6 Å². The highest BCUT2D eigenvalue weighted by Crippen LogP contribution is 2.27. The molecule has 2 saturated heterocycles. The Morgan fingerprint density at radius 2 is 2.20 bits per heavy atom. The van der Waals surface area contributed by atoms with E-state index >= 15 is 0 Å². The quantitative estimate of drug-likeness (QED) is 0.575. The van der Waals surface area contributed by atoms with Gasteiger partial charge in [0.05, 0.1) is 6.54 Å². The number of carbonyl (C=O) groups excluding carboxylic acids is 3. The van der Waals surface area contributed by atoms with E-state index in [1.165, 1.54) is 12.0 Å². The summed E-state index contributed by atoms with van der Waals surface area (Å²) in [4.78, 5) is 37.1. The number of hydrogen-bond donors (Lipinski definition) is 2. The normalized spacial score (nSPS) is 29.4. The van der Waals surface area contributed by atoms with Gasteiger partial charge in [0.2, 0.25) is 5.91 Å². The van der Waals surface area contributed by atoms with Crippen molar-refractivity contribution in [3.8, 4) is 0 Å². The number of hydrogen-bond acceptors (Lipinski definition) is 3. The molecule has 3 aliphatic rings. The molecule has 0 radical (unpaired) electrons. The van der Waals surface area contributed by atoms with Gasteiger partial charge in [0.15, 0.2) is 0 Å². The molecule has 0 aromatic rings. The molecule has 2 fully saturated rings. The van der Waals surface area contributed by atoms with Crippen LogP contribution < -0.4 is 10.6 Å². The van der Waals surface area contributed by atoms with Gasteiger partial charge in [-0.15, -0.1) is 0 Å². The molecule has 4 amide bonds. The van der Waals surface area contributed by atoms with Crippen molar-refractivity contribution in [2.75, 3.05) is 13.1 Å². The summed E-state index contributed by atoms with van der Waals surface area (Å²) in [5, 5.41) is 4.91. The Morgan fingerprint density at radius 3 is 2.85 bits per heavy atom. The Morgan fingerprint density at radius 1 is 1.35 bits per heavy atom. The topological polar surface area (TPSA) is 78.5 Å². The zero-order chi connectivity index (χ0) is 14.2. The molecule has 1 aliphatic carbocycles. The first kappa shape index (κ1) is 13.1. The van der Waals surface area contributed by atoms with Crippen LogP contribution in [0.15, 0.2) is 11.6 Å². The number of nitrogens with zero attached hydrogens (tertiary/aromatic N) is 1. The Hall–Kier alpha value is -1.85. The lowest BCUT2D eigenvalue weighted by molar-refractivity contribution is -0.130.